The van der Waals surface area contributed by atoms with Crippen LogP contribution in [0.4, 0.5) is 5.69 Å². The van der Waals surface area contributed by atoms with Crippen LogP contribution in [-0.4, -0.2) is 11.1 Å². The van der Waals surface area contributed by atoms with Gasteiger partial charge < -0.3 is 16.4 Å². The predicted octanol–water partition coefficient (Wildman–Crippen LogP) is 4.79. The molecule has 0 aliphatic rings. The number of para-hydroxylation sites is 1. The number of aliphatic imine (C=N–C) groups is 1. The SMILES string of the molecule is NC(=NCc1c2ccccc2cc2ccccc12)NC(=S)Nc1ccccc1. The molecule has 0 radical (unpaired) electrons. The molecule has 138 valence electrons. The molecule has 0 atom stereocenters. The fraction of sp³-hybridized carbons (Fsp3) is 0.0435. The van der Waals surface area contributed by atoms with E-state index in [-0.39, 0.29) is 5.96 Å². The Hall–Kier alpha value is -3.44. The normalized spacial score (nSPS) is 11.5. The molecule has 0 saturated heterocycles. The van der Waals surface area contributed by atoms with Gasteiger partial charge in [-0.1, -0.05) is 66.7 Å². The van der Waals surface area contributed by atoms with Gasteiger partial charge in [-0.25, -0.2) is 4.99 Å². The van der Waals surface area contributed by atoms with Crippen molar-refractivity contribution < 1.29 is 0 Å². The first-order chi connectivity index (χ1) is 13.7. The van der Waals surface area contributed by atoms with Crippen LogP contribution in [0.3, 0.4) is 0 Å². The van der Waals surface area contributed by atoms with E-state index in [0.717, 1.165) is 11.3 Å². The second kappa shape index (κ2) is 8.06. The van der Waals surface area contributed by atoms with E-state index in [1.165, 1.54) is 21.5 Å². The minimum absolute atomic E-state index is 0.283. The molecular weight excluding hydrogens is 364 g/mol. The van der Waals surface area contributed by atoms with Crippen molar-refractivity contribution in [3.05, 3.63) is 90.5 Å². The third-order valence-electron chi connectivity index (χ3n) is 4.56. The number of nitrogens with zero attached hydrogens (tertiary/aromatic N) is 1. The summed E-state index contributed by atoms with van der Waals surface area (Å²) in [5.74, 6) is 0.283. The lowest BCUT2D eigenvalue weighted by Crippen LogP contribution is -2.39. The molecular formula is C23H20N4S. The maximum atomic E-state index is 6.08. The summed E-state index contributed by atoms with van der Waals surface area (Å²) in [5, 5.41) is 11.2. The zero-order valence-electron chi connectivity index (χ0n) is 15.2. The molecule has 0 unspecified atom stereocenters. The molecule has 0 saturated carbocycles. The Morgan fingerprint density at radius 3 is 2.04 bits per heavy atom. The number of fused-ring (bicyclic) bond motifs is 2. The molecule has 0 aliphatic carbocycles. The third kappa shape index (κ3) is 3.94. The molecule has 0 heterocycles. The van der Waals surface area contributed by atoms with Crippen LogP contribution in [0.25, 0.3) is 21.5 Å². The average Bonchev–Trinajstić information content (AvgIpc) is 2.71. The van der Waals surface area contributed by atoms with Crippen molar-refractivity contribution in [1.82, 2.24) is 5.32 Å². The van der Waals surface area contributed by atoms with Crippen LogP contribution in [0.15, 0.2) is 89.9 Å². The molecule has 5 heteroatoms. The summed E-state index contributed by atoms with van der Waals surface area (Å²) in [4.78, 5) is 4.53. The van der Waals surface area contributed by atoms with Crippen molar-refractivity contribution in [2.45, 2.75) is 6.54 Å². The highest BCUT2D eigenvalue weighted by Gasteiger charge is 2.07. The van der Waals surface area contributed by atoms with Crippen molar-refractivity contribution in [3.63, 3.8) is 0 Å². The van der Waals surface area contributed by atoms with Crippen LogP contribution in [0.5, 0.6) is 0 Å². The van der Waals surface area contributed by atoms with E-state index in [4.69, 9.17) is 18.0 Å². The zero-order chi connectivity index (χ0) is 19.3. The number of rotatable bonds is 3. The Balaban J connectivity index is 1.57. The minimum atomic E-state index is 0.283. The maximum Gasteiger partial charge on any atom is 0.195 e. The topological polar surface area (TPSA) is 62.4 Å². The molecule has 4 nitrogen and oxygen atoms in total. The Kier molecular flexibility index (Phi) is 5.17. The van der Waals surface area contributed by atoms with E-state index in [1.807, 2.05) is 54.6 Å². The van der Waals surface area contributed by atoms with Gasteiger partial charge in [-0.3, -0.25) is 0 Å². The van der Waals surface area contributed by atoms with Crippen molar-refractivity contribution >= 4 is 50.5 Å². The molecule has 4 aromatic carbocycles. The van der Waals surface area contributed by atoms with Gasteiger partial charge in [0.15, 0.2) is 11.1 Å². The summed E-state index contributed by atoms with van der Waals surface area (Å²) in [5.41, 5.74) is 8.12. The Labute approximate surface area is 169 Å². The van der Waals surface area contributed by atoms with Gasteiger partial charge in [0.25, 0.3) is 0 Å². The average molecular weight is 385 g/mol. The fourth-order valence-corrected chi connectivity index (χ4v) is 3.50. The van der Waals surface area contributed by atoms with Gasteiger partial charge in [0.2, 0.25) is 0 Å². The lowest BCUT2D eigenvalue weighted by molar-refractivity contribution is 1.06. The van der Waals surface area contributed by atoms with Gasteiger partial charge in [0.1, 0.15) is 0 Å². The molecule has 28 heavy (non-hydrogen) atoms. The monoisotopic (exact) mass is 384 g/mol. The smallest absolute Gasteiger partial charge is 0.195 e. The number of hydrogen-bond donors (Lipinski definition) is 3. The van der Waals surface area contributed by atoms with E-state index in [1.54, 1.807) is 0 Å². The molecule has 0 aromatic heterocycles. The standard InChI is InChI=1S/C23H20N4S/c24-22(27-23(28)26-18-10-2-1-3-11-18)25-15-21-19-12-6-4-8-16(19)14-17-9-5-7-13-20(17)21/h1-14H,15H2,(H4,24,25,26,27,28). The van der Waals surface area contributed by atoms with Gasteiger partial charge in [0.05, 0.1) is 6.54 Å². The summed E-state index contributed by atoms with van der Waals surface area (Å²) in [7, 11) is 0. The molecule has 0 bridgehead atoms. The van der Waals surface area contributed by atoms with Gasteiger partial charge in [-0.15, -0.1) is 0 Å². The first-order valence-corrected chi connectivity index (χ1v) is 9.44. The largest absolute Gasteiger partial charge is 0.370 e. The second-order valence-corrected chi connectivity index (χ2v) is 6.85. The zero-order valence-corrected chi connectivity index (χ0v) is 16.0. The van der Waals surface area contributed by atoms with Gasteiger partial charge in [0, 0.05) is 5.69 Å². The number of benzene rings is 4. The van der Waals surface area contributed by atoms with Gasteiger partial charge in [-0.05, 0) is 57.5 Å². The van der Waals surface area contributed by atoms with Crippen molar-refractivity contribution in [2.75, 3.05) is 5.32 Å². The number of anilines is 1. The van der Waals surface area contributed by atoms with Crippen LogP contribution in [0.1, 0.15) is 5.56 Å². The number of thiocarbonyl (C=S) groups is 1. The summed E-state index contributed by atoms with van der Waals surface area (Å²) in [6, 6.07) is 28.6. The minimum Gasteiger partial charge on any atom is -0.370 e. The van der Waals surface area contributed by atoms with Crippen molar-refractivity contribution in [2.24, 2.45) is 10.7 Å². The van der Waals surface area contributed by atoms with Crippen molar-refractivity contribution in [1.29, 1.82) is 0 Å². The Morgan fingerprint density at radius 1 is 0.821 bits per heavy atom. The summed E-state index contributed by atoms with van der Waals surface area (Å²) < 4.78 is 0. The highest BCUT2D eigenvalue weighted by molar-refractivity contribution is 7.80. The third-order valence-corrected chi connectivity index (χ3v) is 4.77. The first kappa shape index (κ1) is 17.9. The maximum absolute atomic E-state index is 6.08. The van der Waals surface area contributed by atoms with Gasteiger partial charge in [-0.2, -0.15) is 0 Å². The molecule has 0 spiro atoms. The first-order valence-electron chi connectivity index (χ1n) is 9.03. The van der Waals surface area contributed by atoms with E-state index >= 15 is 0 Å². The molecule has 4 N–H and O–H groups in total. The van der Waals surface area contributed by atoms with Crippen LogP contribution < -0.4 is 16.4 Å². The molecule has 4 aromatic rings. The summed E-state index contributed by atoms with van der Waals surface area (Å²) in [6.07, 6.45) is 0. The molecule has 0 fully saturated rings. The number of nitrogens with one attached hydrogen (secondary N) is 2. The van der Waals surface area contributed by atoms with Crippen LogP contribution in [0, 0.1) is 0 Å². The summed E-state index contributed by atoms with van der Waals surface area (Å²) in [6.45, 7) is 0.467. The molecule has 0 aliphatic heterocycles. The molecule has 0 amide bonds. The highest BCUT2D eigenvalue weighted by Crippen LogP contribution is 2.28. The van der Waals surface area contributed by atoms with Gasteiger partial charge >= 0.3 is 0 Å². The van der Waals surface area contributed by atoms with Crippen LogP contribution in [0.2, 0.25) is 0 Å². The van der Waals surface area contributed by atoms with Crippen molar-refractivity contribution in [3.8, 4) is 0 Å². The Morgan fingerprint density at radius 2 is 1.39 bits per heavy atom. The van der Waals surface area contributed by atoms with E-state index in [0.29, 0.717) is 11.7 Å². The number of nitrogens with two attached hydrogens (primary N) is 1. The van der Waals surface area contributed by atoms with Crippen LogP contribution in [-0.2, 0) is 6.54 Å². The van der Waals surface area contributed by atoms with E-state index in [2.05, 4.69) is 46.0 Å². The van der Waals surface area contributed by atoms with E-state index in [9.17, 15) is 0 Å². The second-order valence-electron chi connectivity index (χ2n) is 6.44. The lowest BCUT2D eigenvalue weighted by atomic mass is 9.97. The quantitative estimate of drug-likeness (QED) is 0.206. The molecule has 4 rings (SSSR count). The van der Waals surface area contributed by atoms with Crippen LogP contribution >= 0.6 is 12.2 Å². The lowest BCUT2D eigenvalue weighted by Gasteiger charge is -2.12. The number of hydrogen-bond acceptors (Lipinski definition) is 2. The predicted molar refractivity (Wildman–Crippen MR) is 123 cm³/mol. The summed E-state index contributed by atoms with van der Waals surface area (Å²) >= 11 is 5.31. The fourth-order valence-electron chi connectivity index (χ4n) is 3.28. The highest BCUT2D eigenvalue weighted by atomic mass is 32.1. The number of guanidine groups is 1. The Bertz CT molecular complexity index is 1120. The van der Waals surface area contributed by atoms with E-state index < -0.39 is 0 Å².